The predicted octanol–water partition coefficient (Wildman–Crippen LogP) is 13.9. The molecule has 244 valence electrons. The molecular formula is C50H34N2. The Morgan fingerprint density at radius 1 is 0.327 bits per heavy atom. The predicted molar refractivity (Wildman–Crippen MR) is 221 cm³/mol. The maximum atomic E-state index is 2.41. The lowest BCUT2D eigenvalue weighted by Gasteiger charge is -2.26. The highest BCUT2D eigenvalue weighted by molar-refractivity contribution is 6.16. The number of rotatable bonds is 6. The van der Waals surface area contributed by atoms with E-state index in [1.807, 2.05) is 0 Å². The van der Waals surface area contributed by atoms with Crippen LogP contribution in [-0.2, 0) is 0 Å². The molecule has 10 rings (SSSR count). The van der Waals surface area contributed by atoms with Crippen molar-refractivity contribution in [2.24, 2.45) is 0 Å². The van der Waals surface area contributed by atoms with Crippen molar-refractivity contribution in [2.75, 3.05) is 4.90 Å². The maximum Gasteiger partial charge on any atom is 0.0547 e. The molecule has 52 heavy (non-hydrogen) atoms. The fraction of sp³-hybridized carbons (Fsp3) is 0. The van der Waals surface area contributed by atoms with Crippen molar-refractivity contribution in [3.8, 4) is 27.9 Å². The molecule has 0 fully saturated rings. The van der Waals surface area contributed by atoms with Crippen molar-refractivity contribution in [3.05, 3.63) is 206 Å². The fourth-order valence-electron chi connectivity index (χ4n) is 7.84. The van der Waals surface area contributed by atoms with Crippen LogP contribution in [0.5, 0.6) is 0 Å². The zero-order valence-electron chi connectivity index (χ0n) is 28.5. The van der Waals surface area contributed by atoms with Crippen molar-refractivity contribution in [2.45, 2.75) is 0 Å². The van der Waals surface area contributed by atoms with Gasteiger partial charge in [-0.05, 0) is 104 Å². The number of aromatic nitrogens is 1. The molecule has 0 N–H and O–H groups in total. The SMILES string of the molecule is c1ccc(-c2ccc(N(c3ccc(-c4cccc5c4c4ccccc4n5-c4ccc5ccccc5c4)cc3)c3ccc4ccccc4c3)cc2)cc1. The van der Waals surface area contributed by atoms with Crippen LogP contribution < -0.4 is 4.90 Å². The summed E-state index contributed by atoms with van der Waals surface area (Å²) >= 11 is 0. The van der Waals surface area contributed by atoms with Gasteiger partial charge < -0.3 is 9.47 Å². The van der Waals surface area contributed by atoms with E-state index in [1.54, 1.807) is 0 Å². The van der Waals surface area contributed by atoms with E-state index in [4.69, 9.17) is 0 Å². The topological polar surface area (TPSA) is 8.17 Å². The first kappa shape index (κ1) is 30.0. The van der Waals surface area contributed by atoms with Crippen LogP contribution >= 0.6 is 0 Å². The van der Waals surface area contributed by atoms with Crippen LogP contribution in [0.25, 0.3) is 71.3 Å². The number of hydrogen-bond acceptors (Lipinski definition) is 1. The number of benzene rings is 9. The number of hydrogen-bond donors (Lipinski definition) is 0. The Bertz CT molecular complexity index is 2880. The van der Waals surface area contributed by atoms with Gasteiger partial charge in [-0.15, -0.1) is 0 Å². The molecule has 2 heteroatoms. The minimum absolute atomic E-state index is 1.11. The molecule has 0 aliphatic rings. The minimum Gasteiger partial charge on any atom is -0.310 e. The highest BCUT2D eigenvalue weighted by Gasteiger charge is 2.18. The highest BCUT2D eigenvalue weighted by Crippen LogP contribution is 2.41. The van der Waals surface area contributed by atoms with Gasteiger partial charge >= 0.3 is 0 Å². The molecule has 0 bridgehead atoms. The summed E-state index contributed by atoms with van der Waals surface area (Å²) in [5.41, 5.74) is 11.8. The van der Waals surface area contributed by atoms with E-state index in [0.717, 1.165) is 17.1 Å². The second-order valence-electron chi connectivity index (χ2n) is 13.4. The Hall–Kier alpha value is -6.90. The van der Waals surface area contributed by atoms with Crippen LogP contribution in [0.1, 0.15) is 0 Å². The smallest absolute Gasteiger partial charge is 0.0547 e. The zero-order chi connectivity index (χ0) is 34.4. The fourth-order valence-corrected chi connectivity index (χ4v) is 7.84. The molecule has 0 radical (unpaired) electrons. The van der Waals surface area contributed by atoms with Crippen molar-refractivity contribution < 1.29 is 0 Å². The van der Waals surface area contributed by atoms with E-state index in [1.165, 1.54) is 71.3 Å². The standard InChI is InChI=1S/C50H34N2/c1-2-11-35(12-3-1)38-21-27-42(28-22-38)51(44-31-23-36-13-4-6-15-40(36)33-44)43-29-25-39(26-30-43)46-18-10-20-49-50(46)47-17-8-9-19-48(47)52(49)45-32-24-37-14-5-7-16-41(37)34-45/h1-34H. The van der Waals surface area contributed by atoms with Crippen LogP contribution in [0.15, 0.2) is 206 Å². The third kappa shape index (κ3) is 5.12. The second kappa shape index (κ2) is 12.5. The molecule has 9 aromatic carbocycles. The largest absolute Gasteiger partial charge is 0.310 e. The molecular weight excluding hydrogens is 629 g/mol. The van der Waals surface area contributed by atoms with Gasteiger partial charge in [0.2, 0.25) is 0 Å². The first-order valence-corrected chi connectivity index (χ1v) is 17.8. The molecule has 1 aromatic heterocycles. The Kier molecular flexibility index (Phi) is 7.18. The Labute approximate surface area is 303 Å². The summed E-state index contributed by atoms with van der Waals surface area (Å²) in [5.74, 6) is 0. The second-order valence-corrected chi connectivity index (χ2v) is 13.4. The third-order valence-corrected chi connectivity index (χ3v) is 10.3. The lowest BCUT2D eigenvalue weighted by Crippen LogP contribution is -2.09. The average Bonchev–Trinajstić information content (AvgIpc) is 3.56. The molecule has 0 spiro atoms. The van der Waals surface area contributed by atoms with Gasteiger partial charge in [0.1, 0.15) is 0 Å². The van der Waals surface area contributed by atoms with E-state index in [-0.39, 0.29) is 0 Å². The summed E-state index contributed by atoms with van der Waals surface area (Å²) in [4.78, 5) is 2.36. The molecule has 0 atom stereocenters. The van der Waals surface area contributed by atoms with Gasteiger partial charge in [-0.3, -0.25) is 0 Å². The number of anilines is 3. The van der Waals surface area contributed by atoms with Crippen molar-refractivity contribution in [1.82, 2.24) is 4.57 Å². The van der Waals surface area contributed by atoms with Gasteiger partial charge in [0.15, 0.2) is 0 Å². The molecule has 0 aliphatic carbocycles. The van der Waals surface area contributed by atoms with E-state index in [2.05, 4.69) is 216 Å². The molecule has 1 heterocycles. The van der Waals surface area contributed by atoms with Gasteiger partial charge in [0.05, 0.1) is 11.0 Å². The van der Waals surface area contributed by atoms with Crippen molar-refractivity contribution in [1.29, 1.82) is 0 Å². The van der Waals surface area contributed by atoms with Crippen LogP contribution in [0.4, 0.5) is 17.1 Å². The lowest BCUT2D eigenvalue weighted by molar-refractivity contribution is 1.19. The Balaban J connectivity index is 1.10. The van der Waals surface area contributed by atoms with Gasteiger partial charge in [-0.2, -0.15) is 0 Å². The average molecular weight is 663 g/mol. The number of para-hydroxylation sites is 1. The van der Waals surface area contributed by atoms with E-state index in [0.29, 0.717) is 0 Å². The molecule has 0 aliphatic heterocycles. The summed E-state index contributed by atoms with van der Waals surface area (Å²) in [6.45, 7) is 0. The molecule has 0 amide bonds. The van der Waals surface area contributed by atoms with Crippen LogP contribution in [0.3, 0.4) is 0 Å². The molecule has 0 unspecified atom stereocenters. The van der Waals surface area contributed by atoms with Crippen molar-refractivity contribution in [3.63, 3.8) is 0 Å². The third-order valence-electron chi connectivity index (χ3n) is 10.3. The van der Waals surface area contributed by atoms with E-state index >= 15 is 0 Å². The highest BCUT2D eigenvalue weighted by atomic mass is 15.1. The molecule has 0 saturated carbocycles. The summed E-state index contributed by atoms with van der Waals surface area (Å²) < 4.78 is 2.41. The first-order chi connectivity index (χ1) is 25.8. The quantitative estimate of drug-likeness (QED) is 0.172. The molecule has 10 aromatic rings. The van der Waals surface area contributed by atoms with Gasteiger partial charge in [0.25, 0.3) is 0 Å². The van der Waals surface area contributed by atoms with Crippen LogP contribution in [0, 0.1) is 0 Å². The van der Waals surface area contributed by atoms with E-state index in [9.17, 15) is 0 Å². The molecule has 0 saturated heterocycles. The lowest BCUT2D eigenvalue weighted by atomic mass is 9.99. The number of fused-ring (bicyclic) bond motifs is 5. The normalized spacial score (nSPS) is 11.5. The molecule has 2 nitrogen and oxygen atoms in total. The summed E-state index contributed by atoms with van der Waals surface area (Å²) in [6, 6.07) is 74.7. The van der Waals surface area contributed by atoms with E-state index < -0.39 is 0 Å². The Morgan fingerprint density at radius 3 is 1.60 bits per heavy atom. The Morgan fingerprint density at radius 2 is 0.865 bits per heavy atom. The number of nitrogens with zero attached hydrogens (tertiary/aromatic N) is 2. The summed E-state index contributed by atoms with van der Waals surface area (Å²) in [7, 11) is 0. The zero-order valence-corrected chi connectivity index (χ0v) is 28.5. The minimum atomic E-state index is 1.11. The van der Waals surface area contributed by atoms with Crippen LogP contribution in [0.2, 0.25) is 0 Å². The van der Waals surface area contributed by atoms with Gasteiger partial charge in [-0.25, -0.2) is 0 Å². The first-order valence-electron chi connectivity index (χ1n) is 17.8. The monoisotopic (exact) mass is 662 g/mol. The van der Waals surface area contributed by atoms with Crippen molar-refractivity contribution >= 4 is 60.4 Å². The summed E-state index contributed by atoms with van der Waals surface area (Å²) in [5, 5.41) is 7.46. The maximum absolute atomic E-state index is 2.41. The van der Waals surface area contributed by atoms with Gasteiger partial charge in [0, 0.05) is 33.5 Å². The van der Waals surface area contributed by atoms with Gasteiger partial charge in [-0.1, -0.05) is 146 Å². The van der Waals surface area contributed by atoms with Crippen LogP contribution in [-0.4, -0.2) is 4.57 Å². The summed E-state index contributed by atoms with van der Waals surface area (Å²) in [6.07, 6.45) is 0.